The number of anilines is 1. The molecule has 1 N–H and O–H groups in total. The number of carbonyl (C=O) groups excluding carboxylic acids is 1. The lowest BCUT2D eigenvalue weighted by Gasteiger charge is -2.33. The molecule has 0 aromatic carbocycles. The quantitative estimate of drug-likeness (QED) is 0.841. The lowest BCUT2D eigenvalue weighted by Crippen LogP contribution is -2.48. The SMILES string of the molecule is CCOc1ncccc1C(=O)NC1CCCN(c2ncc3c(n2)CCOC3)C1. The molecular formula is C20H25N5O3. The number of nitrogens with one attached hydrogen (secondary N) is 1. The number of hydrogen-bond acceptors (Lipinski definition) is 7. The molecule has 2 aliphatic rings. The molecule has 0 radical (unpaired) electrons. The Hall–Kier alpha value is -2.74. The fourth-order valence-electron chi connectivity index (χ4n) is 3.63. The third-order valence-electron chi connectivity index (χ3n) is 5.02. The Balaban J connectivity index is 1.44. The molecule has 4 rings (SSSR count). The van der Waals surface area contributed by atoms with Gasteiger partial charge in [0.1, 0.15) is 5.56 Å². The number of fused-ring (bicyclic) bond motifs is 1. The van der Waals surface area contributed by atoms with Crippen LogP contribution in [-0.4, -0.2) is 53.2 Å². The van der Waals surface area contributed by atoms with Gasteiger partial charge in [-0.15, -0.1) is 0 Å². The van der Waals surface area contributed by atoms with Gasteiger partial charge in [0.2, 0.25) is 11.8 Å². The molecule has 1 atom stereocenters. The maximum absolute atomic E-state index is 12.7. The Morgan fingerprint density at radius 3 is 3.25 bits per heavy atom. The number of nitrogens with zero attached hydrogens (tertiary/aromatic N) is 4. The number of ether oxygens (including phenoxy) is 2. The summed E-state index contributed by atoms with van der Waals surface area (Å²) < 4.78 is 10.9. The third-order valence-corrected chi connectivity index (χ3v) is 5.02. The highest BCUT2D eigenvalue weighted by atomic mass is 16.5. The average molecular weight is 383 g/mol. The fourth-order valence-corrected chi connectivity index (χ4v) is 3.63. The van der Waals surface area contributed by atoms with Crippen molar-refractivity contribution in [1.82, 2.24) is 20.3 Å². The number of piperidine rings is 1. The van der Waals surface area contributed by atoms with E-state index in [0.29, 0.717) is 37.8 Å². The van der Waals surface area contributed by atoms with Crippen molar-refractivity contribution >= 4 is 11.9 Å². The Morgan fingerprint density at radius 1 is 1.43 bits per heavy atom. The van der Waals surface area contributed by atoms with E-state index in [1.165, 1.54) is 0 Å². The van der Waals surface area contributed by atoms with Gasteiger partial charge in [0.15, 0.2) is 0 Å². The second-order valence-corrected chi connectivity index (χ2v) is 6.99. The van der Waals surface area contributed by atoms with Gasteiger partial charge in [-0.25, -0.2) is 15.0 Å². The minimum Gasteiger partial charge on any atom is -0.477 e. The van der Waals surface area contributed by atoms with Gasteiger partial charge < -0.3 is 19.7 Å². The zero-order chi connectivity index (χ0) is 19.3. The predicted molar refractivity (Wildman–Crippen MR) is 103 cm³/mol. The van der Waals surface area contributed by atoms with Crippen molar-refractivity contribution in [1.29, 1.82) is 0 Å². The van der Waals surface area contributed by atoms with E-state index in [2.05, 4.69) is 20.2 Å². The van der Waals surface area contributed by atoms with Crippen LogP contribution in [0.25, 0.3) is 0 Å². The van der Waals surface area contributed by atoms with Crippen LogP contribution >= 0.6 is 0 Å². The van der Waals surface area contributed by atoms with Crippen LogP contribution in [0.4, 0.5) is 5.95 Å². The van der Waals surface area contributed by atoms with Crippen molar-refractivity contribution < 1.29 is 14.3 Å². The molecule has 0 bridgehead atoms. The van der Waals surface area contributed by atoms with Crippen molar-refractivity contribution in [2.24, 2.45) is 0 Å². The number of pyridine rings is 1. The molecular weight excluding hydrogens is 358 g/mol. The Bertz CT molecular complexity index is 844. The molecule has 0 saturated carbocycles. The van der Waals surface area contributed by atoms with E-state index in [1.807, 2.05) is 13.1 Å². The molecule has 1 amide bonds. The van der Waals surface area contributed by atoms with E-state index in [0.717, 1.165) is 43.0 Å². The summed E-state index contributed by atoms with van der Waals surface area (Å²) in [5.74, 6) is 0.943. The molecule has 0 spiro atoms. The van der Waals surface area contributed by atoms with E-state index >= 15 is 0 Å². The Kier molecular flexibility index (Phi) is 5.66. The molecule has 8 heteroatoms. The van der Waals surface area contributed by atoms with E-state index in [9.17, 15) is 4.79 Å². The van der Waals surface area contributed by atoms with Crippen LogP contribution in [0.15, 0.2) is 24.5 Å². The van der Waals surface area contributed by atoms with E-state index in [4.69, 9.17) is 14.5 Å². The van der Waals surface area contributed by atoms with Gasteiger partial charge in [-0.05, 0) is 31.9 Å². The summed E-state index contributed by atoms with van der Waals surface area (Å²) >= 11 is 0. The van der Waals surface area contributed by atoms with Crippen LogP contribution in [-0.2, 0) is 17.8 Å². The van der Waals surface area contributed by atoms with Crippen molar-refractivity contribution in [2.45, 2.75) is 38.8 Å². The normalized spacial score (nSPS) is 19.0. The molecule has 148 valence electrons. The summed E-state index contributed by atoms with van der Waals surface area (Å²) in [6, 6.07) is 3.51. The lowest BCUT2D eigenvalue weighted by molar-refractivity contribution is 0.0928. The average Bonchev–Trinajstić information content (AvgIpc) is 2.74. The number of carbonyl (C=O) groups is 1. The van der Waals surface area contributed by atoms with Crippen LogP contribution in [0.1, 0.15) is 41.4 Å². The van der Waals surface area contributed by atoms with Gasteiger partial charge in [0, 0.05) is 43.5 Å². The molecule has 0 aliphatic carbocycles. The third kappa shape index (κ3) is 4.06. The summed E-state index contributed by atoms with van der Waals surface area (Å²) in [6.07, 6.45) is 6.21. The topological polar surface area (TPSA) is 89.5 Å². The molecule has 2 aromatic heterocycles. The van der Waals surface area contributed by atoms with Crippen molar-refractivity contribution in [2.75, 3.05) is 31.2 Å². The van der Waals surface area contributed by atoms with Gasteiger partial charge >= 0.3 is 0 Å². The first-order valence-electron chi connectivity index (χ1n) is 9.80. The highest BCUT2D eigenvalue weighted by molar-refractivity contribution is 5.96. The monoisotopic (exact) mass is 383 g/mol. The van der Waals surface area contributed by atoms with Crippen LogP contribution in [0.2, 0.25) is 0 Å². The van der Waals surface area contributed by atoms with Crippen LogP contribution in [0.5, 0.6) is 5.88 Å². The van der Waals surface area contributed by atoms with Gasteiger partial charge in [-0.1, -0.05) is 0 Å². The molecule has 28 heavy (non-hydrogen) atoms. The second-order valence-electron chi connectivity index (χ2n) is 6.99. The number of hydrogen-bond donors (Lipinski definition) is 1. The summed E-state index contributed by atoms with van der Waals surface area (Å²) in [7, 11) is 0. The Labute approximate surface area is 164 Å². The minimum absolute atomic E-state index is 0.0268. The molecule has 1 fully saturated rings. The molecule has 8 nitrogen and oxygen atoms in total. The van der Waals surface area contributed by atoms with Crippen LogP contribution < -0.4 is 15.0 Å². The highest BCUT2D eigenvalue weighted by Gasteiger charge is 2.25. The second kappa shape index (κ2) is 8.52. The summed E-state index contributed by atoms with van der Waals surface area (Å²) in [5.41, 5.74) is 2.60. The minimum atomic E-state index is -0.160. The van der Waals surface area contributed by atoms with E-state index < -0.39 is 0 Å². The van der Waals surface area contributed by atoms with Crippen LogP contribution in [0.3, 0.4) is 0 Å². The van der Waals surface area contributed by atoms with Gasteiger partial charge in [-0.2, -0.15) is 0 Å². The van der Waals surface area contributed by atoms with Crippen molar-refractivity contribution in [3.05, 3.63) is 41.3 Å². The number of amides is 1. The lowest BCUT2D eigenvalue weighted by atomic mass is 10.1. The summed E-state index contributed by atoms with van der Waals surface area (Å²) in [4.78, 5) is 28.3. The molecule has 1 unspecified atom stereocenters. The zero-order valence-electron chi connectivity index (χ0n) is 16.1. The maximum Gasteiger partial charge on any atom is 0.257 e. The predicted octanol–water partition coefficient (Wildman–Crippen LogP) is 1.74. The smallest absolute Gasteiger partial charge is 0.257 e. The first-order valence-corrected chi connectivity index (χ1v) is 9.80. The first-order chi connectivity index (χ1) is 13.7. The summed E-state index contributed by atoms with van der Waals surface area (Å²) in [6.45, 7) is 5.20. The molecule has 2 aliphatic heterocycles. The molecule has 1 saturated heterocycles. The van der Waals surface area contributed by atoms with Crippen LogP contribution in [0, 0.1) is 0 Å². The van der Waals surface area contributed by atoms with E-state index in [-0.39, 0.29) is 11.9 Å². The first kappa shape index (κ1) is 18.6. The molecule has 4 heterocycles. The highest BCUT2D eigenvalue weighted by Crippen LogP contribution is 2.21. The van der Waals surface area contributed by atoms with E-state index in [1.54, 1.807) is 18.3 Å². The number of aromatic nitrogens is 3. The maximum atomic E-state index is 12.7. The standard InChI is InChI=1S/C20H25N5O3/c1-2-28-19-16(6-3-8-21-19)18(26)23-15-5-4-9-25(12-15)20-22-11-14-13-27-10-7-17(14)24-20/h3,6,8,11,15H,2,4-5,7,9-10,12-13H2,1H3,(H,23,26). The van der Waals surface area contributed by atoms with Gasteiger partial charge in [0.05, 0.1) is 25.5 Å². The van der Waals surface area contributed by atoms with Crippen molar-refractivity contribution in [3.63, 3.8) is 0 Å². The number of rotatable bonds is 5. The largest absolute Gasteiger partial charge is 0.477 e. The van der Waals surface area contributed by atoms with Crippen molar-refractivity contribution in [3.8, 4) is 5.88 Å². The Morgan fingerprint density at radius 2 is 2.36 bits per heavy atom. The summed E-state index contributed by atoms with van der Waals surface area (Å²) in [5, 5.41) is 3.12. The van der Waals surface area contributed by atoms with Gasteiger partial charge in [-0.3, -0.25) is 4.79 Å². The molecule has 2 aromatic rings. The fraction of sp³-hybridized carbons (Fsp3) is 0.500. The zero-order valence-corrected chi connectivity index (χ0v) is 16.1. The van der Waals surface area contributed by atoms with Gasteiger partial charge in [0.25, 0.3) is 5.91 Å².